The summed E-state index contributed by atoms with van der Waals surface area (Å²) < 4.78 is 1.72. The maximum atomic E-state index is 12.8. The quantitative estimate of drug-likeness (QED) is 0.231. The van der Waals surface area contributed by atoms with Gasteiger partial charge in [-0.05, 0) is 31.0 Å². The monoisotopic (exact) mass is 486 g/mol. The van der Waals surface area contributed by atoms with Crippen LogP contribution in [0.1, 0.15) is 42.1 Å². The van der Waals surface area contributed by atoms with Crippen molar-refractivity contribution in [2.45, 2.75) is 31.7 Å². The Labute approximate surface area is 205 Å². The number of amides is 3. The minimum atomic E-state index is -0.781. The molecule has 0 bridgehead atoms. The van der Waals surface area contributed by atoms with Crippen molar-refractivity contribution in [3.63, 3.8) is 0 Å². The standard InChI is InChI=1S/C23H23BN8O4/c24-14-10-12(11-15-19(14)28-22(27-15)30-21(25)35)17(33)3-4-18(34)31-8-5-13(6-9-31)32-16-2-1-7-26-20(16)29-23(32)36/h1-2,7,10-11,13H,3-6,8-9H2,(H,26,29,36)(H4,25,27,28,30,35). The summed E-state index contributed by atoms with van der Waals surface area (Å²) in [6, 6.07) is 5.92. The first-order valence-corrected chi connectivity index (χ1v) is 11.5. The first-order valence-electron chi connectivity index (χ1n) is 11.5. The number of rotatable bonds is 6. The fourth-order valence-corrected chi connectivity index (χ4v) is 4.70. The Kier molecular flexibility index (Phi) is 6.04. The van der Waals surface area contributed by atoms with Crippen LogP contribution in [-0.2, 0) is 4.79 Å². The largest absolute Gasteiger partial charge is 0.351 e. The summed E-state index contributed by atoms with van der Waals surface area (Å²) in [5.74, 6) is -0.222. The number of imidazole rings is 2. The van der Waals surface area contributed by atoms with Crippen LogP contribution in [-0.4, -0.2) is 68.1 Å². The second-order valence-corrected chi connectivity index (χ2v) is 8.74. The van der Waals surface area contributed by atoms with Crippen LogP contribution in [0.15, 0.2) is 35.3 Å². The van der Waals surface area contributed by atoms with E-state index in [1.807, 2.05) is 6.07 Å². The van der Waals surface area contributed by atoms with Crippen molar-refractivity contribution in [2.75, 3.05) is 18.4 Å². The van der Waals surface area contributed by atoms with Gasteiger partial charge in [-0.3, -0.25) is 24.5 Å². The van der Waals surface area contributed by atoms with E-state index in [1.165, 1.54) is 6.07 Å². The number of anilines is 1. The Bertz CT molecular complexity index is 1550. The number of H-pyrrole nitrogens is 2. The lowest BCUT2D eigenvalue weighted by molar-refractivity contribution is -0.132. The van der Waals surface area contributed by atoms with E-state index in [0.717, 1.165) is 5.52 Å². The van der Waals surface area contributed by atoms with Gasteiger partial charge in [-0.15, -0.1) is 0 Å². The van der Waals surface area contributed by atoms with E-state index in [-0.39, 0.29) is 47.7 Å². The smallest absolute Gasteiger partial charge is 0.327 e. The van der Waals surface area contributed by atoms with E-state index < -0.39 is 6.03 Å². The molecule has 0 atom stereocenters. The second-order valence-electron chi connectivity index (χ2n) is 8.74. The fraction of sp³-hybridized carbons (Fsp3) is 0.304. The first-order chi connectivity index (χ1) is 17.3. The van der Waals surface area contributed by atoms with Gasteiger partial charge in [0.15, 0.2) is 11.4 Å². The number of benzene rings is 1. The van der Waals surface area contributed by atoms with Gasteiger partial charge in [-0.2, -0.15) is 0 Å². The second kappa shape index (κ2) is 9.32. The molecule has 3 aromatic heterocycles. The van der Waals surface area contributed by atoms with Gasteiger partial charge in [-0.25, -0.2) is 19.6 Å². The molecule has 1 aliphatic heterocycles. The number of nitrogens with zero attached hydrogens (tertiary/aromatic N) is 4. The molecule has 0 saturated carbocycles. The number of aromatic nitrogens is 5. The molecule has 2 radical (unpaired) electrons. The number of nitrogens with one attached hydrogen (secondary N) is 3. The lowest BCUT2D eigenvalue weighted by Gasteiger charge is -2.32. The molecule has 3 amide bonds. The van der Waals surface area contributed by atoms with Crippen LogP contribution in [0.3, 0.4) is 0 Å². The average molecular weight is 486 g/mol. The fourth-order valence-electron chi connectivity index (χ4n) is 4.70. The van der Waals surface area contributed by atoms with Crippen molar-refractivity contribution >= 4 is 59.2 Å². The first kappa shape index (κ1) is 23.3. The Morgan fingerprint density at radius 1 is 1.17 bits per heavy atom. The Morgan fingerprint density at radius 2 is 1.94 bits per heavy atom. The molecule has 4 aromatic rings. The van der Waals surface area contributed by atoms with Crippen molar-refractivity contribution in [1.82, 2.24) is 29.4 Å². The van der Waals surface area contributed by atoms with Crippen LogP contribution in [0.25, 0.3) is 22.2 Å². The van der Waals surface area contributed by atoms with Gasteiger partial charge in [0.2, 0.25) is 11.9 Å². The number of pyridine rings is 1. The van der Waals surface area contributed by atoms with Gasteiger partial charge >= 0.3 is 11.7 Å². The molecule has 36 heavy (non-hydrogen) atoms. The number of aromatic amines is 2. The number of ketones is 1. The molecule has 5 N–H and O–H groups in total. The molecule has 12 nitrogen and oxygen atoms in total. The number of urea groups is 1. The van der Waals surface area contributed by atoms with Crippen LogP contribution in [0, 0.1) is 0 Å². The minimum Gasteiger partial charge on any atom is -0.351 e. The minimum absolute atomic E-state index is 0.0256. The van der Waals surface area contributed by atoms with E-state index in [4.69, 9.17) is 13.6 Å². The highest BCUT2D eigenvalue weighted by atomic mass is 16.2. The van der Waals surface area contributed by atoms with E-state index >= 15 is 0 Å². The van der Waals surface area contributed by atoms with Crippen LogP contribution >= 0.6 is 0 Å². The summed E-state index contributed by atoms with van der Waals surface area (Å²) in [6.07, 6.45) is 2.99. The normalized spacial score (nSPS) is 14.4. The predicted molar refractivity (Wildman–Crippen MR) is 133 cm³/mol. The van der Waals surface area contributed by atoms with Crippen LogP contribution in [0.2, 0.25) is 0 Å². The summed E-state index contributed by atoms with van der Waals surface area (Å²) in [7, 11) is 6.03. The molecule has 5 rings (SSSR count). The zero-order chi connectivity index (χ0) is 25.4. The summed E-state index contributed by atoms with van der Waals surface area (Å²) in [5, 5.41) is 2.33. The van der Waals surface area contributed by atoms with Crippen LogP contribution in [0.5, 0.6) is 0 Å². The number of likely N-dealkylation sites (tertiary alicyclic amines) is 1. The molecule has 1 aliphatic rings. The number of fused-ring (bicyclic) bond motifs is 2. The van der Waals surface area contributed by atoms with Gasteiger partial charge in [0, 0.05) is 43.7 Å². The number of piperidine rings is 1. The van der Waals surface area contributed by atoms with E-state index in [1.54, 1.807) is 27.8 Å². The topological polar surface area (TPSA) is 172 Å². The van der Waals surface area contributed by atoms with Crippen molar-refractivity contribution in [3.8, 4) is 0 Å². The SMILES string of the molecule is [B]c1cc(C(=O)CCC(=O)N2CCC(n3c(=O)[nH]c4ncccc43)CC2)cc2[nH]c(NC(N)=O)nc12. The van der Waals surface area contributed by atoms with E-state index in [2.05, 4.69) is 25.3 Å². The molecular formula is C23H23BN8O4. The number of carbonyl (C=O) groups is 3. The van der Waals surface area contributed by atoms with Crippen LogP contribution in [0.4, 0.5) is 10.7 Å². The summed E-state index contributed by atoms with van der Waals surface area (Å²) >= 11 is 0. The molecule has 0 aliphatic carbocycles. The molecule has 1 fully saturated rings. The summed E-state index contributed by atoms with van der Waals surface area (Å²) in [4.78, 5) is 64.7. The summed E-state index contributed by atoms with van der Waals surface area (Å²) in [6.45, 7) is 1.000. The average Bonchev–Trinajstić information content (AvgIpc) is 3.41. The molecular weight excluding hydrogens is 463 g/mol. The van der Waals surface area contributed by atoms with Crippen molar-refractivity contribution < 1.29 is 14.4 Å². The highest BCUT2D eigenvalue weighted by Crippen LogP contribution is 2.25. The number of hydrogen-bond donors (Lipinski definition) is 4. The third-order valence-electron chi connectivity index (χ3n) is 6.42. The lowest BCUT2D eigenvalue weighted by atomic mass is 9.91. The zero-order valence-corrected chi connectivity index (χ0v) is 19.3. The molecule has 1 aromatic carbocycles. The lowest BCUT2D eigenvalue weighted by Crippen LogP contribution is -2.40. The zero-order valence-electron chi connectivity index (χ0n) is 19.3. The number of nitrogens with two attached hydrogens (primary N) is 1. The molecule has 0 unspecified atom stereocenters. The molecule has 13 heteroatoms. The Hall–Kier alpha value is -4.42. The van der Waals surface area contributed by atoms with Gasteiger partial charge in [0.1, 0.15) is 7.85 Å². The highest BCUT2D eigenvalue weighted by Gasteiger charge is 2.26. The van der Waals surface area contributed by atoms with Crippen molar-refractivity contribution in [2.24, 2.45) is 5.73 Å². The van der Waals surface area contributed by atoms with Crippen molar-refractivity contribution in [1.29, 1.82) is 0 Å². The Morgan fingerprint density at radius 3 is 2.69 bits per heavy atom. The number of Topliss-reactive ketones (excluding diaryl/α,β-unsaturated/α-hetero) is 1. The van der Waals surface area contributed by atoms with E-state index in [9.17, 15) is 19.2 Å². The number of hydrogen-bond acceptors (Lipinski definition) is 6. The number of carbonyl (C=O) groups excluding carboxylic acids is 3. The molecule has 0 spiro atoms. The summed E-state index contributed by atoms with van der Waals surface area (Å²) in [5.41, 5.74) is 7.68. The number of primary amides is 1. The van der Waals surface area contributed by atoms with Gasteiger partial charge in [-0.1, -0.05) is 11.5 Å². The maximum absolute atomic E-state index is 12.8. The maximum Gasteiger partial charge on any atom is 0.327 e. The Balaban J connectivity index is 1.19. The van der Waals surface area contributed by atoms with Crippen molar-refractivity contribution in [3.05, 3.63) is 46.5 Å². The highest BCUT2D eigenvalue weighted by molar-refractivity contribution is 6.38. The van der Waals surface area contributed by atoms with E-state index in [0.29, 0.717) is 48.2 Å². The third-order valence-corrected chi connectivity index (χ3v) is 6.42. The molecule has 182 valence electrons. The van der Waals surface area contributed by atoms with Gasteiger partial charge < -0.3 is 15.6 Å². The van der Waals surface area contributed by atoms with Gasteiger partial charge in [0.25, 0.3) is 0 Å². The third kappa shape index (κ3) is 4.46. The molecule has 4 heterocycles. The van der Waals surface area contributed by atoms with Crippen LogP contribution < -0.4 is 22.2 Å². The van der Waals surface area contributed by atoms with Gasteiger partial charge in [0.05, 0.1) is 16.6 Å². The molecule has 1 saturated heterocycles. The predicted octanol–water partition coefficient (Wildman–Crippen LogP) is 0.712.